The maximum Gasteiger partial charge on any atom is 0.161 e. The standard InChI is InChI=1S/C21H17Cl2N3OS/c1-12-11-26-20(19(25-21(26)28-12)16-4-2-3-9-24-16)18-8-7-17(27-18)13-5-6-14(22)15(23)10-13/h2-10,12,19-20H,11H2,1H3/t12-,19-,20-/m1/s1. The Balaban J connectivity index is 1.53. The van der Waals surface area contributed by atoms with Gasteiger partial charge in [0.2, 0.25) is 0 Å². The zero-order valence-corrected chi connectivity index (χ0v) is 17.4. The van der Waals surface area contributed by atoms with Crippen LogP contribution < -0.4 is 0 Å². The highest BCUT2D eigenvalue weighted by Crippen LogP contribution is 2.48. The van der Waals surface area contributed by atoms with Crippen molar-refractivity contribution in [3.8, 4) is 11.3 Å². The van der Waals surface area contributed by atoms with Crippen molar-refractivity contribution in [2.24, 2.45) is 4.99 Å². The van der Waals surface area contributed by atoms with E-state index in [-0.39, 0.29) is 12.1 Å². The van der Waals surface area contributed by atoms with Crippen LogP contribution in [0.2, 0.25) is 10.0 Å². The van der Waals surface area contributed by atoms with Crippen LogP contribution in [-0.4, -0.2) is 26.8 Å². The van der Waals surface area contributed by atoms with E-state index in [1.807, 2.05) is 60.4 Å². The molecule has 0 aliphatic carbocycles. The quantitative estimate of drug-likeness (QED) is 0.494. The highest BCUT2D eigenvalue weighted by atomic mass is 35.5. The largest absolute Gasteiger partial charge is 0.459 e. The van der Waals surface area contributed by atoms with E-state index in [1.165, 1.54) is 0 Å². The molecule has 7 heteroatoms. The van der Waals surface area contributed by atoms with Crippen molar-refractivity contribution in [1.82, 2.24) is 9.88 Å². The number of amidine groups is 1. The molecule has 4 nitrogen and oxygen atoms in total. The van der Waals surface area contributed by atoms with Gasteiger partial charge in [0.05, 0.1) is 15.7 Å². The highest BCUT2D eigenvalue weighted by molar-refractivity contribution is 8.14. The number of aliphatic imine (C=N–C) groups is 1. The molecule has 1 aromatic carbocycles. The van der Waals surface area contributed by atoms with Crippen molar-refractivity contribution in [3.05, 3.63) is 76.2 Å². The van der Waals surface area contributed by atoms with Crippen LogP contribution in [0.25, 0.3) is 11.3 Å². The average molecular weight is 430 g/mol. The molecule has 5 rings (SSSR count). The van der Waals surface area contributed by atoms with Gasteiger partial charge in [-0.25, -0.2) is 4.99 Å². The fourth-order valence-electron chi connectivity index (χ4n) is 3.74. The lowest BCUT2D eigenvalue weighted by Gasteiger charge is -2.25. The van der Waals surface area contributed by atoms with Gasteiger partial charge in [-0.15, -0.1) is 0 Å². The second-order valence-electron chi connectivity index (χ2n) is 6.97. The topological polar surface area (TPSA) is 41.6 Å². The van der Waals surface area contributed by atoms with Gasteiger partial charge in [-0.05, 0) is 42.5 Å². The number of pyridine rings is 1. The summed E-state index contributed by atoms with van der Waals surface area (Å²) in [4.78, 5) is 11.9. The third-order valence-corrected chi connectivity index (χ3v) is 6.84. The minimum absolute atomic E-state index is 0.00104. The molecule has 3 atom stereocenters. The number of thioether (sulfide) groups is 1. The molecule has 1 fully saturated rings. The van der Waals surface area contributed by atoms with Crippen LogP contribution >= 0.6 is 35.0 Å². The van der Waals surface area contributed by atoms with Crippen molar-refractivity contribution >= 4 is 40.1 Å². The van der Waals surface area contributed by atoms with Crippen LogP contribution in [0.5, 0.6) is 0 Å². The molecule has 0 radical (unpaired) electrons. The molecule has 0 saturated carbocycles. The molecule has 2 aromatic heterocycles. The van der Waals surface area contributed by atoms with Crippen LogP contribution in [0.1, 0.15) is 30.5 Å². The van der Waals surface area contributed by atoms with Crippen LogP contribution in [0.4, 0.5) is 0 Å². The highest BCUT2D eigenvalue weighted by Gasteiger charge is 2.45. The molecule has 1 saturated heterocycles. The third kappa shape index (κ3) is 3.11. The van der Waals surface area contributed by atoms with Crippen LogP contribution in [-0.2, 0) is 0 Å². The summed E-state index contributed by atoms with van der Waals surface area (Å²) in [5, 5.41) is 2.63. The lowest BCUT2D eigenvalue weighted by atomic mass is 10.0. The minimum atomic E-state index is -0.0796. The van der Waals surface area contributed by atoms with Crippen LogP contribution in [0, 0.1) is 0 Å². The summed E-state index contributed by atoms with van der Waals surface area (Å²) in [6, 6.07) is 15.4. The fourth-order valence-corrected chi connectivity index (χ4v) is 5.13. The summed E-state index contributed by atoms with van der Waals surface area (Å²) < 4.78 is 6.29. The molecule has 2 aliphatic heterocycles. The molecule has 0 unspecified atom stereocenters. The zero-order valence-electron chi connectivity index (χ0n) is 15.0. The first-order chi connectivity index (χ1) is 13.6. The van der Waals surface area contributed by atoms with Crippen molar-refractivity contribution in [2.75, 3.05) is 6.54 Å². The number of hydrogen-bond donors (Lipinski definition) is 0. The molecule has 0 amide bonds. The van der Waals surface area contributed by atoms with Gasteiger partial charge in [-0.2, -0.15) is 0 Å². The van der Waals surface area contributed by atoms with Gasteiger partial charge in [0.1, 0.15) is 23.6 Å². The van der Waals surface area contributed by atoms with E-state index in [4.69, 9.17) is 32.6 Å². The number of furan rings is 1. The van der Waals surface area contributed by atoms with Gasteiger partial charge in [0.25, 0.3) is 0 Å². The summed E-state index contributed by atoms with van der Waals surface area (Å²) in [7, 11) is 0. The first-order valence-corrected chi connectivity index (χ1v) is 10.7. The SMILES string of the molecule is C[C@@H]1CN2C(=N[C@H](c3ccccn3)[C@H]2c2ccc(-c3ccc(Cl)c(Cl)c3)o2)S1. The molecule has 3 aromatic rings. The Morgan fingerprint density at radius 1 is 1.11 bits per heavy atom. The summed E-state index contributed by atoms with van der Waals surface area (Å²) in [5.41, 5.74) is 1.86. The summed E-state index contributed by atoms with van der Waals surface area (Å²) in [5.74, 6) is 1.65. The molecule has 0 N–H and O–H groups in total. The smallest absolute Gasteiger partial charge is 0.161 e. The lowest BCUT2D eigenvalue weighted by Crippen LogP contribution is -2.28. The molecule has 2 aliphatic rings. The van der Waals surface area contributed by atoms with Crippen LogP contribution in [0.15, 0.2) is 64.1 Å². The average Bonchev–Trinajstić information content (AvgIpc) is 3.38. The van der Waals surface area contributed by atoms with Crippen molar-refractivity contribution in [2.45, 2.75) is 24.3 Å². The van der Waals surface area contributed by atoms with E-state index in [2.05, 4.69) is 16.8 Å². The van der Waals surface area contributed by atoms with Gasteiger partial charge in [0.15, 0.2) is 5.17 Å². The monoisotopic (exact) mass is 429 g/mol. The lowest BCUT2D eigenvalue weighted by molar-refractivity contribution is 0.277. The predicted octanol–water partition coefficient (Wildman–Crippen LogP) is 6.24. The van der Waals surface area contributed by atoms with Gasteiger partial charge < -0.3 is 9.32 Å². The number of benzene rings is 1. The zero-order chi connectivity index (χ0) is 19.3. The molecule has 142 valence electrons. The molecule has 28 heavy (non-hydrogen) atoms. The normalized spacial score (nSPS) is 23.8. The second-order valence-corrected chi connectivity index (χ2v) is 9.19. The summed E-state index contributed by atoms with van der Waals surface area (Å²) in [6.07, 6.45) is 1.81. The van der Waals surface area contributed by atoms with E-state index >= 15 is 0 Å². The van der Waals surface area contributed by atoms with Gasteiger partial charge in [0, 0.05) is 23.6 Å². The Labute approximate surface area is 177 Å². The number of hydrogen-bond acceptors (Lipinski definition) is 5. The van der Waals surface area contributed by atoms with Crippen molar-refractivity contribution in [1.29, 1.82) is 0 Å². The summed E-state index contributed by atoms with van der Waals surface area (Å²) in [6.45, 7) is 3.17. The second kappa shape index (κ2) is 7.14. The summed E-state index contributed by atoms with van der Waals surface area (Å²) >= 11 is 14.0. The van der Waals surface area contributed by atoms with Gasteiger partial charge in [-0.3, -0.25) is 4.98 Å². The third-order valence-electron chi connectivity index (χ3n) is 5.00. The molecular formula is C21H17Cl2N3OS. The molecule has 4 heterocycles. The van der Waals surface area contributed by atoms with E-state index in [0.717, 1.165) is 34.5 Å². The first kappa shape index (κ1) is 18.1. The maximum absolute atomic E-state index is 6.29. The Bertz CT molecular complexity index is 1050. The Morgan fingerprint density at radius 2 is 2.00 bits per heavy atom. The Kier molecular flexibility index (Phi) is 4.62. The van der Waals surface area contributed by atoms with E-state index in [9.17, 15) is 0 Å². The van der Waals surface area contributed by atoms with Crippen molar-refractivity contribution in [3.63, 3.8) is 0 Å². The first-order valence-electron chi connectivity index (χ1n) is 9.07. The molecular weight excluding hydrogens is 413 g/mol. The fraction of sp³-hybridized carbons (Fsp3) is 0.238. The van der Waals surface area contributed by atoms with Crippen LogP contribution in [0.3, 0.4) is 0 Å². The van der Waals surface area contributed by atoms with E-state index in [1.54, 1.807) is 6.07 Å². The van der Waals surface area contributed by atoms with E-state index < -0.39 is 0 Å². The van der Waals surface area contributed by atoms with Crippen molar-refractivity contribution < 1.29 is 4.42 Å². The maximum atomic E-state index is 6.29. The number of halogens is 2. The minimum Gasteiger partial charge on any atom is -0.459 e. The predicted molar refractivity (Wildman–Crippen MR) is 115 cm³/mol. The number of aromatic nitrogens is 1. The number of nitrogens with zero attached hydrogens (tertiary/aromatic N) is 3. The molecule has 0 bridgehead atoms. The number of rotatable bonds is 3. The van der Waals surface area contributed by atoms with Gasteiger partial charge >= 0.3 is 0 Å². The Morgan fingerprint density at radius 3 is 2.79 bits per heavy atom. The number of fused-ring (bicyclic) bond motifs is 1. The Hall–Kier alpha value is -1.95. The van der Waals surface area contributed by atoms with Gasteiger partial charge in [-0.1, -0.05) is 48.0 Å². The molecule has 0 spiro atoms. The van der Waals surface area contributed by atoms with E-state index in [0.29, 0.717) is 15.3 Å².